The van der Waals surface area contributed by atoms with Crippen LogP contribution in [0.15, 0.2) is 60.7 Å². The molecule has 0 heterocycles. The number of carbonyl (C=O) groups excluding carboxylic acids is 1. The molecule has 102 valence electrons. The second-order valence-corrected chi connectivity index (χ2v) is 7.51. The molecule has 0 aliphatic heterocycles. The summed E-state index contributed by atoms with van der Waals surface area (Å²) in [5.74, 6) is 0.833. The zero-order chi connectivity index (χ0) is 14.4. The van der Waals surface area contributed by atoms with Crippen molar-refractivity contribution in [2.45, 2.75) is 0 Å². The molecule has 0 spiro atoms. The summed E-state index contributed by atoms with van der Waals surface area (Å²) in [5.41, 5.74) is 1.06. The topological polar surface area (TPSA) is 26.3 Å². The zero-order valence-electron chi connectivity index (χ0n) is 10.9. The molecule has 0 saturated heterocycles. The van der Waals surface area contributed by atoms with E-state index < -0.39 is 26.2 Å². The number of hydrogen-bond donors (Lipinski definition) is 0. The predicted octanol–water partition coefficient (Wildman–Crippen LogP) is 2.83. The van der Waals surface area contributed by atoms with Crippen molar-refractivity contribution in [3.8, 4) is 5.75 Å². The number of rotatable bonds is 5. The van der Waals surface area contributed by atoms with Crippen LogP contribution in [0.5, 0.6) is 5.75 Å². The van der Waals surface area contributed by atoms with Gasteiger partial charge in [-0.25, -0.2) is 0 Å². The fraction of sp³-hybridized carbons (Fsp3) is 0.0625. The minimum absolute atomic E-state index is 0.428. The van der Waals surface area contributed by atoms with E-state index in [0.717, 1.165) is 14.9 Å². The van der Waals surface area contributed by atoms with Gasteiger partial charge in [-0.15, -0.1) is 0 Å². The van der Waals surface area contributed by atoms with Crippen molar-refractivity contribution >= 4 is 45.0 Å². The van der Waals surface area contributed by atoms with Crippen LogP contribution in [0.1, 0.15) is 5.56 Å². The maximum atomic E-state index is 11.2. The van der Waals surface area contributed by atoms with Gasteiger partial charge in [0, 0.05) is 0 Å². The van der Waals surface area contributed by atoms with E-state index in [9.17, 15) is 4.79 Å². The monoisotopic (exact) mass is 402 g/mol. The molecule has 0 aliphatic rings. The summed E-state index contributed by atoms with van der Waals surface area (Å²) >= 11 is 4.85. The Morgan fingerprint density at radius 1 is 1.10 bits per heavy atom. The molecule has 0 radical (unpaired) electrons. The van der Waals surface area contributed by atoms with Gasteiger partial charge >= 0.3 is 134 Å². The summed E-state index contributed by atoms with van der Waals surface area (Å²) in [6.45, 7) is 0. The Morgan fingerprint density at radius 3 is 2.30 bits per heavy atom. The fourth-order valence-electron chi connectivity index (χ4n) is 1.65. The van der Waals surface area contributed by atoms with E-state index in [0.29, 0.717) is 0 Å². The van der Waals surface area contributed by atoms with Crippen molar-refractivity contribution in [2.75, 3.05) is 7.11 Å². The third-order valence-corrected chi connectivity index (χ3v) is 5.79. The van der Waals surface area contributed by atoms with Gasteiger partial charge in [-0.1, -0.05) is 0 Å². The van der Waals surface area contributed by atoms with E-state index in [2.05, 4.69) is 0 Å². The van der Waals surface area contributed by atoms with E-state index >= 15 is 0 Å². The summed E-state index contributed by atoms with van der Waals surface area (Å²) in [7, 11) is 1.65. The quantitative estimate of drug-likeness (QED) is 0.438. The van der Waals surface area contributed by atoms with Crippen LogP contribution >= 0.6 is 11.6 Å². The summed E-state index contributed by atoms with van der Waals surface area (Å²) < 4.78 is 7.40. The number of halogens is 1. The van der Waals surface area contributed by atoms with Crippen molar-refractivity contribution < 1.29 is 9.53 Å². The van der Waals surface area contributed by atoms with E-state index in [-0.39, 0.29) is 0 Å². The first-order chi connectivity index (χ1) is 9.69. The van der Waals surface area contributed by atoms with Crippen molar-refractivity contribution in [3.63, 3.8) is 0 Å². The van der Waals surface area contributed by atoms with Crippen molar-refractivity contribution in [1.82, 2.24) is 0 Å². The van der Waals surface area contributed by atoms with Crippen LogP contribution in [-0.4, -0.2) is 33.3 Å². The standard InChI is InChI=1S/C16H13ClO2Te/c1-19-13-7-9-14(10-8-13)20-15(11-16(17)18)12-5-3-2-4-6-12/h2-11H,1H3/b15-11-. The predicted molar refractivity (Wildman–Crippen MR) is 83.7 cm³/mol. The third-order valence-electron chi connectivity index (χ3n) is 2.59. The van der Waals surface area contributed by atoms with Gasteiger partial charge in [0.25, 0.3) is 0 Å². The van der Waals surface area contributed by atoms with Gasteiger partial charge in [0.15, 0.2) is 0 Å². The van der Waals surface area contributed by atoms with Crippen molar-refractivity contribution in [3.05, 3.63) is 66.2 Å². The molecular formula is C16H13ClO2Te. The van der Waals surface area contributed by atoms with Gasteiger partial charge in [0.1, 0.15) is 0 Å². The van der Waals surface area contributed by atoms with Crippen LogP contribution in [0.3, 0.4) is 0 Å². The number of benzene rings is 2. The third kappa shape index (κ3) is 4.38. The Kier molecular flexibility index (Phi) is 5.67. The molecule has 4 heteroatoms. The van der Waals surface area contributed by atoms with E-state index in [1.165, 1.54) is 9.69 Å². The molecule has 2 nitrogen and oxygen atoms in total. The van der Waals surface area contributed by atoms with E-state index in [4.69, 9.17) is 16.3 Å². The molecule has 2 aromatic carbocycles. The van der Waals surface area contributed by atoms with Crippen LogP contribution in [0.4, 0.5) is 0 Å². The molecule has 0 fully saturated rings. The van der Waals surface area contributed by atoms with Crippen LogP contribution in [0.2, 0.25) is 0 Å². The molecule has 0 aromatic heterocycles. The first-order valence-electron chi connectivity index (χ1n) is 5.97. The van der Waals surface area contributed by atoms with Gasteiger partial charge in [-0.2, -0.15) is 0 Å². The molecule has 0 amide bonds. The second-order valence-electron chi connectivity index (χ2n) is 3.96. The van der Waals surface area contributed by atoms with Crippen LogP contribution in [0, 0.1) is 0 Å². The Labute approximate surface area is 133 Å². The molecule has 2 aromatic rings. The van der Waals surface area contributed by atoms with Gasteiger partial charge in [0.05, 0.1) is 0 Å². The van der Waals surface area contributed by atoms with Gasteiger partial charge in [-0.05, 0) is 0 Å². The SMILES string of the molecule is COc1ccc([Te]/C(=C\C(=O)Cl)c2ccccc2)cc1. The minimum atomic E-state index is -0.672. The summed E-state index contributed by atoms with van der Waals surface area (Å²) in [6, 6.07) is 17.8. The molecule has 0 unspecified atom stereocenters. The van der Waals surface area contributed by atoms with Crippen molar-refractivity contribution in [2.24, 2.45) is 0 Å². The van der Waals surface area contributed by atoms with Crippen molar-refractivity contribution in [1.29, 1.82) is 0 Å². The molecule has 0 bridgehead atoms. The molecular weight excluding hydrogens is 387 g/mol. The molecule has 0 aliphatic carbocycles. The number of hydrogen-bond acceptors (Lipinski definition) is 2. The number of methoxy groups -OCH3 is 1. The summed E-state index contributed by atoms with van der Waals surface area (Å²) in [5, 5.41) is -0.428. The van der Waals surface area contributed by atoms with Crippen LogP contribution in [-0.2, 0) is 4.79 Å². The normalized spacial score (nSPS) is 11.2. The first kappa shape index (κ1) is 15.1. The van der Waals surface area contributed by atoms with Gasteiger partial charge in [0.2, 0.25) is 0 Å². The van der Waals surface area contributed by atoms with Gasteiger partial charge < -0.3 is 0 Å². The molecule has 0 N–H and O–H groups in total. The Hall–Kier alpha value is -1.27. The second kappa shape index (κ2) is 7.50. The first-order valence-corrected chi connectivity index (χ1v) is 8.68. The molecule has 20 heavy (non-hydrogen) atoms. The molecule has 0 saturated carbocycles. The summed E-state index contributed by atoms with van der Waals surface area (Å²) in [6.07, 6.45) is 1.53. The number of ether oxygens (including phenoxy) is 1. The molecule has 0 atom stereocenters. The van der Waals surface area contributed by atoms with Crippen LogP contribution in [0.25, 0.3) is 3.62 Å². The number of allylic oxidation sites excluding steroid dienone is 1. The zero-order valence-corrected chi connectivity index (χ0v) is 14.0. The Balaban J connectivity index is 2.26. The summed E-state index contributed by atoms with van der Waals surface area (Å²) in [4.78, 5) is 11.2. The molecule has 2 rings (SSSR count). The Morgan fingerprint density at radius 2 is 1.75 bits per heavy atom. The Bertz CT molecular complexity index is 606. The van der Waals surface area contributed by atoms with Crippen LogP contribution < -0.4 is 8.35 Å². The maximum absolute atomic E-state index is 11.2. The average Bonchev–Trinajstić information content (AvgIpc) is 2.48. The number of carbonyl (C=O) groups is 1. The van der Waals surface area contributed by atoms with E-state index in [1.54, 1.807) is 7.11 Å². The average molecular weight is 400 g/mol. The fourth-order valence-corrected chi connectivity index (χ4v) is 4.66. The van der Waals surface area contributed by atoms with Gasteiger partial charge in [-0.3, -0.25) is 0 Å². The van der Waals surface area contributed by atoms with E-state index in [1.807, 2.05) is 54.6 Å².